The van der Waals surface area contributed by atoms with Crippen molar-refractivity contribution >= 4 is 11.8 Å². The third-order valence-electron chi connectivity index (χ3n) is 4.46. The van der Waals surface area contributed by atoms with E-state index in [0.717, 1.165) is 37.5 Å². The van der Waals surface area contributed by atoms with Crippen LogP contribution in [-0.4, -0.2) is 38.3 Å². The first-order chi connectivity index (χ1) is 11.7. The summed E-state index contributed by atoms with van der Waals surface area (Å²) in [5.41, 5.74) is 1.84. The van der Waals surface area contributed by atoms with Crippen LogP contribution in [0.5, 0.6) is 5.75 Å². The van der Waals surface area contributed by atoms with E-state index in [0.29, 0.717) is 11.5 Å². The lowest BCUT2D eigenvalue weighted by Gasteiger charge is -2.19. The molecular formula is C19H22N2O3. The minimum atomic E-state index is -0.336. The zero-order valence-electron chi connectivity index (χ0n) is 14.1. The summed E-state index contributed by atoms with van der Waals surface area (Å²) in [6.07, 6.45) is 3.82. The largest absolute Gasteiger partial charge is 0.497 e. The maximum atomic E-state index is 11.9. The fourth-order valence-electron chi connectivity index (χ4n) is 3.20. The molecule has 5 nitrogen and oxygen atoms in total. The maximum Gasteiger partial charge on any atom is 0.341 e. The third-order valence-corrected chi connectivity index (χ3v) is 4.46. The van der Waals surface area contributed by atoms with Crippen molar-refractivity contribution < 1.29 is 14.3 Å². The molecular weight excluding hydrogens is 304 g/mol. The summed E-state index contributed by atoms with van der Waals surface area (Å²) in [6.45, 7) is 1.80. The van der Waals surface area contributed by atoms with Crippen molar-refractivity contribution in [1.82, 2.24) is 4.98 Å². The van der Waals surface area contributed by atoms with E-state index >= 15 is 0 Å². The second-order valence-corrected chi connectivity index (χ2v) is 6.02. The van der Waals surface area contributed by atoms with Crippen LogP contribution in [0, 0.1) is 5.92 Å². The first-order valence-electron chi connectivity index (χ1n) is 8.12. The average Bonchev–Trinajstić information content (AvgIpc) is 3.10. The summed E-state index contributed by atoms with van der Waals surface area (Å²) in [5, 5.41) is 0. The number of nitrogens with zero attached hydrogens (tertiary/aromatic N) is 2. The van der Waals surface area contributed by atoms with Gasteiger partial charge < -0.3 is 14.4 Å². The Kier molecular flexibility index (Phi) is 4.99. The molecule has 126 valence electrons. The molecule has 0 saturated carbocycles. The van der Waals surface area contributed by atoms with Crippen LogP contribution in [0.3, 0.4) is 0 Å². The summed E-state index contributed by atoms with van der Waals surface area (Å²) in [4.78, 5) is 18.5. The molecule has 0 radical (unpaired) electrons. The molecule has 2 aromatic rings. The molecule has 1 unspecified atom stereocenters. The Hall–Kier alpha value is -2.56. The Morgan fingerprint density at radius 1 is 1.25 bits per heavy atom. The molecule has 3 rings (SSSR count). The van der Waals surface area contributed by atoms with Gasteiger partial charge in [0.25, 0.3) is 0 Å². The lowest BCUT2D eigenvalue weighted by Crippen LogP contribution is -2.24. The van der Waals surface area contributed by atoms with Gasteiger partial charge in [-0.15, -0.1) is 0 Å². The normalized spacial score (nSPS) is 16.9. The zero-order valence-corrected chi connectivity index (χ0v) is 14.1. The van der Waals surface area contributed by atoms with Crippen LogP contribution in [0.25, 0.3) is 0 Å². The lowest BCUT2D eigenvalue weighted by atomic mass is 9.99. The number of aromatic nitrogens is 1. The summed E-state index contributed by atoms with van der Waals surface area (Å²) in [5.74, 6) is 1.81. The fourth-order valence-corrected chi connectivity index (χ4v) is 3.20. The van der Waals surface area contributed by atoms with Gasteiger partial charge in [-0.25, -0.2) is 9.78 Å². The lowest BCUT2D eigenvalue weighted by molar-refractivity contribution is 0.0601. The summed E-state index contributed by atoms with van der Waals surface area (Å²) >= 11 is 0. The predicted molar refractivity (Wildman–Crippen MR) is 92.6 cm³/mol. The Labute approximate surface area is 142 Å². The Bertz CT molecular complexity index is 700. The first-order valence-corrected chi connectivity index (χ1v) is 8.12. The van der Waals surface area contributed by atoms with Gasteiger partial charge in [-0.1, -0.05) is 12.1 Å². The molecule has 5 heteroatoms. The van der Waals surface area contributed by atoms with Crippen LogP contribution in [0.4, 0.5) is 5.82 Å². The molecule has 1 fully saturated rings. The van der Waals surface area contributed by atoms with Crippen molar-refractivity contribution in [1.29, 1.82) is 0 Å². The van der Waals surface area contributed by atoms with E-state index in [1.54, 1.807) is 25.4 Å². The topological polar surface area (TPSA) is 51.7 Å². The molecule has 0 N–H and O–H groups in total. The highest BCUT2D eigenvalue weighted by Crippen LogP contribution is 2.28. The van der Waals surface area contributed by atoms with Crippen molar-refractivity contribution in [3.05, 3.63) is 53.7 Å². The van der Waals surface area contributed by atoms with Crippen LogP contribution in [0.2, 0.25) is 0 Å². The van der Waals surface area contributed by atoms with Crippen molar-refractivity contribution in [3.63, 3.8) is 0 Å². The van der Waals surface area contributed by atoms with E-state index in [4.69, 9.17) is 9.47 Å². The molecule has 2 heterocycles. The van der Waals surface area contributed by atoms with Gasteiger partial charge in [0.1, 0.15) is 17.1 Å². The van der Waals surface area contributed by atoms with Crippen molar-refractivity contribution in [2.75, 3.05) is 32.2 Å². The van der Waals surface area contributed by atoms with Gasteiger partial charge in [-0.3, -0.25) is 0 Å². The van der Waals surface area contributed by atoms with Gasteiger partial charge in [-0.2, -0.15) is 0 Å². The number of pyridine rings is 1. The standard InChI is InChI=1S/C19H22N2O3/c1-23-16-7-5-14(6-8-16)12-15-9-11-21(13-15)18-17(19(22)24-2)4-3-10-20-18/h3-8,10,15H,9,11-13H2,1-2H3. The van der Waals surface area contributed by atoms with E-state index in [9.17, 15) is 4.79 Å². The highest BCUT2D eigenvalue weighted by Gasteiger charge is 2.27. The molecule has 0 bridgehead atoms. The van der Waals surface area contributed by atoms with E-state index in [-0.39, 0.29) is 5.97 Å². The van der Waals surface area contributed by atoms with Gasteiger partial charge in [0.15, 0.2) is 0 Å². The maximum absolute atomic E-state index is 11.9. The highest BCUT2D eigenvalue weighted by atomic mass is 16.5. The van der Waals surface area contributed by atoms with E-state index < -0.39 is 0 Å². The van der Waals surface area contributed by atoms with Crippen LogP contribution < -0.4 is 9.64 Å². The van der Waals surface area contributed by atoms with E-state index in [1.165, 1.54) is 12.7 Å². The van der Waals surface area contributed by atoms with Crippen molar-refractivity contribution in [2.45, 2.75) is 12.8 Å². The molecule has 0 spiro atoms. The molecule has 0 aliphatic carbocycles. The second-order valence-electron chi connectivity index (χ2n) is 6.02. The van der Waals surface area contributed by atoms with Crippen LogP contribution in [-0.2, 0) is 11.2 Å². The highest BCUT2D eigenvalue weighted by molar-refractivity contribution is 5.94. The van der Waals surface area contributed by atoms with Gasteiger partial charge in [0.2, 0.25) is 0 Å². The van der Waals surface area contributed by atoms with Crippen LogP contribution in [0.1, 0.15) is 22.3 Å². The fraction of sp³-hybridized carbons (Fsp3) is 0.368. The molecule has 1 atom stereocenters. The van der Waals surface area contributed by atoms with Crippen LogP contribution in [0.15, 0.2) is 42.6 Å². The molecule has 1 aliphatic heterocycles. The zero-order chi connectivity index (χ0) is 16.9. The van der Waals surface area contributed by atoms with E-state index in [2.05, 4.69) is 22.0 Å². The van der Waals surface area contributed by atoms with Crippen molar-refractivity contribution in [3.8, 4) is 5.75 Å². The number of anilines is 1. The number of carbonyl (C=O) groups is 1. The van der Waals surface area contributed by atoms with Crippen LogP contribution >= 0.6 is 0 Å². The predicted octanol–water partition coefficient (Wildman–Crippen LogP) is 2.95. The van der Waals surface area contributed by atoms with Crippen molar-refractivity contribution in [2.24, 2.45) is 5.92 Å². The number of methoxy groups -OCH3 is 2. The van der Waals surface area contributed by atoms with Gasteiger partial charge in [0, 0.05) is 19.3 Å². The number of carbonyl (C=O) groups excluding carboxylic acids is 1. The number of esters is 1. The van der Waals surface area contributed by atoms with Gasteiger partial charge in [0.05, 0.1) is 14.2 Å². The SMILES string of the molecule is COC(=O)c1cccnc1N1CCC(Cc2ccc(OC)cc2)C1. The molecule has 1 aromatic carbocycles. The molecule has 1 aliphatic rings. The third kappa shape index (κ3) is 3.50. The van der Waals surface area contributed by atoms with Gasteiger partial charge in [-0.05, 0) is 48.6 Å². The monoisotopic (exact) mass is 326 g/mol. The number of rotatable bonds is 5. The molecule has 0 amide bonds. The number of hydrogen-bond acceptors (Lipinski definition) is 5. The minimum absolute atomic E-state index is 0.336. The minimum Gasteiger partial charge on any atom is -0.497 e. The average molecular weight is 326 g/mol. The summed E-state index contributed by atoms with van der Waals surface area (Å²) in [7, 11) is 3.07. The number of hydrogen-bond donors (Lipinski definition) is 0. The Balaban J connectivity index is 1.68. The first kappa shape index (κ1) is 16.3. The second kappa shape index (κ2) is 7.34. The summed E-state index contributed by atoms with van der Waals surface area (Å²) < 4.78 is 10.1. The smallest absolute Gasteiger partial charge is 0.341 e. The van der Waals surface area contributed by atoms with E-state index in [1.807, 2.05) is 12.1 Å². The Morgan fingerprint density at radius 3 is 2.75 bits per heavy atom. The molecule has 1 aromatic heterocycles. The van der Waals surface area contributed by atoms with Gasteiger partial charge >= 0.3 is 5.97 Å². The quantitative estimate of drug-likeness (QED) is 0.791. The molecule has 24 heavy (non-hydrogen) atoms. The Morgan fingerprint density at radius 2 is 2.04 bits per heavy atom. The number of benzene rings is 1. The number of ether oxygens (including phenoxy) is 2. The summed E-state index contributed by atoms with van der Waals surface area (Å²) in [6, 6.07) is 11.8. The molecule has 1 saturated heterocycles.